The van der Waals surface area contributed by atoms with Gasteiger partial charge in [0.15, 0.2) is 0 Å². The van der Waals surface area contributed by atoms with Gasteiger partial charge in [-0.2, -0.15) is 4.31 Å². The lowest BCUT2D eigenvalue weighted by Gasteiger charge is -2.42. The monoisotopic (exact) mass is 378 g/mol. The number of sulfonamides is 1. The van der Waals surface area contributed by atoms with E-state index in [1.165, 1.54) is 10.7 Å². The quantitative estimate of drug-likeness (QED) is 0.812. The van der Waals surface area contributed by atoms with Crippen LogP contribution in [0.3, 0.4) is 0 Å². The van der Waals surface area contributed by atoms with Crippen LogP contribution in [-0.4, -0.2) is 48.7 Å². The molecule has 2 heterocycles. The van der Waals surface area contributed by atoms with E-state index in [1.807, 2.05) is 19.1 Å². The molecule has 2 atom stereocenters. The lowest BCUT2D eigenvalue weighted by molar-refractivity contribution is -0.143. The molecule has 0 spiro atoms. The minimum Gasteiger partial charge on any atom is -0.337 e. The molecule has 0 aromatic heterocycles. The molecule has 0 bridgehead atoms. The first-order chi connectivity index (χ1) is 12.3. The first kappa shape index (κ1) is 19.4. The van der Waals surface area contributed by atoms with E-state index in [1.54, 1.807) is 12.1 Å². The zero-order chi connectivity index (χ0) is 18.9. The minimum atomic E-state index is -3.47. The summed E-state index contributed by atoms with van der Waals surface area (Å²) in [5.74, 6) is 0.166. The smallest absolute Gasteiger partial charge is 0.243 e. The van der Waals surface area contributed by atoms with Crippen molar-refractivity contribution in [3.05, 3.63) is 29.8 Å². The van der Waals surface area contributed by atoms with Gasteiger partial charge in [-0.1, -0.05) is 17.7 Å². The second-order valence-corrected chi connectivity index (χ2v) is 9.80. The number of rotatable bonds is 3. The highest BCUT2D eigenvalue weighted by atomic mass is 32.2. The largest absolute Gasteiger partial charge is 0.337 e. The van der Waals surface area contributed by atoms with Crippen LogP contribution in [0.5, 0.6) is 0 Å². The highest BCUT2D eigenvalue weighted by molar-refractivity contribution is 7.89. The molecule has 0 aliphatic carbocycles. The second-order valence-electron chi connectivity index (χ2n) is 7.87. The Morgan fingerprint density at radius 1 is 0.962 bits per heavy atom. The third kappa shape index (κ3) is 3.81. The van der Waals surface area contributed by atoms with Crippen molar-refractivity contribution >= 4 is 15.9 Å². The summed E-state index contributed by atoms with van der Waals surface area (Å²) >= 11 is 0. The van der Waals surface area contributed by atoms with E-state index in [0.29, 0.717) is 42.9 Å². The number of nitrogens with zero attached hydrogens (tertiary/aromatic N) is 2. The van der Waals surface area contributed by atoms with Gasteiger partial charge in [0.25, 0.3) is 0 Å². The summed E-state index contributed by atoms with van der Waals surface area (Å²) in [7, 11) is -3.47. The summed E-state index contributed by atoms with van der Waals surface area (Å²) in [4.78, 5) is 15.4. The van der Waals surface area contributed by atoms with Gasteiger partial charge in [0, 0.05) is 31.1 Å². The van der Waals surface area contributed by atoms with Crippen LogP contribution < -0.4 is 0 Å². The zero-order valence-electron chi connectivity index (χ0n) is 16.0. The van der Waals surface area contributed by atoms with Gasteiger partial charge >= 0.3 is 0 Å². The number of carbonyl (C=O) groups is 1. The molecule has 1 aromatic carbocycles. The fraction of sp³-hybridized carbons (Fsp3) is 0.650. The number of amides is 1. The van der Waals surface area contributed by atoms with Crippen LogP contribution in [0.25, 0.3) is 0 Å². The molecule has 3 rings (SSSR count). The summed E-state index contributed by atoms with van der Waals surface area (Å²) in [6.07, 6.45) is 4.53. The Balaban J connectivity index is 1.65. The molecule has 2 aliphatic rings. The van der Waals surface area contributed by atoms with Crippen molar-refractivity contribution in [2.24, 2.45) is 5.92 Å². The number of hydrogen-bond donors (Lipinski definition) is 0. The van der Waals surface area contributed by atoms with Crippen molar-refractivity contribution in [3.8, 4) is 0 Å². The predicted octanol–water partition coefficient (Wildman–Crippen LogP) is 3.19. The molecule has 2 fully saturated rings. The molecule has 0 saturated carbocycles. The van der Waals surface area contributed by atoms with Gasteiger partial charge in [-0.25, -0.2) is 8.42 Å². The van der Waals surface area contributed by atoms with Crippen molar-refractivity contribution in [2.45, 2.75) is 69.9 Å². The molecule has 144 valence electrons. The lowest BCUT2D eigenvalue weighted by atomic mass is 9.91. The van der Waals surface area contributed by atoms with E-state index in [-0.39, 0.29) is 11.8 Å². The Morgan fingerprint density at radius 3 is 2.04 bits per heavy atom. The SMILES string of the molecule is Cc1ccc(S(=O)(=O)N2CCC(C(=O)N3[C@H](C)CCC[C@@H]3C)CC2)cc1. The van der Waals surface area contributed by atoms with Crippen molar-refractivity contribution in [2.75, 3.05) is 13.1 Å². The van der Waals surface area contributed by atoms with Crippen LogP contribution in [0.15, 0.2) is 29.2 Å². The molecule has 1 aromatic rings. The van der Waals surface area contributed by atoms with E-state index in [0.717, 1.165) is 18.4 Å². The highest BCUT2D eigenvalue weighted by Gasteiger charge is 2.37. The average Bonchev–Trinajstić information content (AvgIpc) is 2.62. The number of carbonyl (C=O) groups excluding carboxylic acids is 1. The van der Waals surface area contributed by atoms with E-state index in [9.17, 15) is 13.2 Å². The van der Waals surface area contributed by atoms with Gasteiger partial charge in [-0.05, 0) is 65.0 Å². The maximum absolute atomic E-state index is 13.0. The summed E-state index contributed by atoms with van der Waals surface area (Å²) in [6, 6.07) is 7.56. The topological polar surface area (TPSA) is 57.7 Å². The molecular weight excluding hydrogens is 348 g/mol. The molecule has 26 heavy (non-hydrogen) atoms. The van der Waals surface area contributed by atoms with Gasteiger partial charge < -0.3 is 4.90 Å². The van der Waals surface area contributed by atoms with Crippen LogP contribution in [0.4, 0.5) is 0 Å². The maximum atomic E-state index is 13.0. The molecule has 2 aliphatic heterocycles. The first-order valence-electron chi connectivity index (χ1n) is 9.69. The Kier molecular flexibility index (Phi) is 5.72. The zero-order valence-corrected chi connectivity index (χ0v) is 16.8. The molecule has 6 heteroatoms. The van der Waals surface area contributed by atoms with Gasteiger partial charge in [-0.3, -0.25) is 4.79 Å². The van der Waals surface area contributed by atoms with Crippen molar-refractivity contribution in [3.63, 3.8) is 0 Å². The Morgan fingerprint density at radius 2 is 1.50 bits per heavy atom. The van der Waals surface area contributed by atoms with Gasteiger partial charge in [0.1, 0.15) is 0 Å². The minimum absolute atomic E-state index is 0.0533. The number of benzene rings is 1. The number of likely N-dealkylation sites (tertiary alicyclic amines) is 1. The third-order valence-corrected chi connectivity index (χ3v) is 7.82. The summed E-state index contributed by atoms with van der Waals surface area (Å²) in [6.45, 7) is 7.04. The summed E-state index contributed by atoms with van der Waals surface area (Å²) < 4.78 is 27.2. The standard InChI is InChI=1S/C20H30N2O3S/c1-15-7-9-19(10-8-15)26(24,25)21-13-11-18(12-14-21)20(23)22-16(2)5-4-6-17(22)3/h7-10,16-18H,4-6,11-14H2,1-3H3/t16-,17+. The van der Waals surface area contributed by atoms with E-state index < -0.39 is 10.0 Å². The van der Waals surface area contributed by atoms with Crippen LogP contribution in [-0.2, 0) is 14.8 Å². The molecule has 1 amide bonds. The molecule has 2 saturated heterocycles. The Labute approximate surface area is 157 Å². The van der Waals surface area contributed by atoms with Gasteiger partial charge in [-0.15, -0.1) is 0 Å². The van der Waals surface area contributed by atoms with Crippen LogP contribution in [0.2, 0.25) is 0 Å². The van der Waals surface area contributed by atoms with Crippen LogP contribution >= 0.6 is 0 Å². The molecule has 0 N–H and O–H groups in total. The number of hydrogen-bond acceptors (Lipinski definition) is 3. The van der Waals surface area contributed by atoms with E-state index >= 15 is 0 Å². The van der Waals surface area contributed by atoms with E-state index in [4.69, 9.17) is 0 Å². The van der Waals surface area contributed by atoms with E-state index in [2.05, 4.69) is 18.7 Å². The van der Waals surface area contributed by atoms with Crippen LogP contribution in [0, 0.1) is 12.8 Å². The number of piperidine rings is 2. The number of aryl methyl sites for hydroxylation is 1. The molecule has 5 nitrogen and oxygen atoms in total. The average molecular weight is 379 g/mol. The fourth-order valence-electron chi connectivity index (χ4n) is 4.27. The predicted molar refractivity (Wildman–Crippen MR) is 102 cm³/mol. The second kappa shape index (κ2) is 7.69. The maximum Gasteiger partial charge on any atom is 0.243 e. The fourth-order valence-corrected chi connectivity index (χ4v) is 5.74. The lowest BCUT2D eigenvalue weighted by Crippen LogP contribution is -2.52. The molecule has 0 radical (unpaired) electrons. The normalized spacial score (nSPS) is 26.0. The van der Waals surface area contributed by atoms with Crippen molar-refractivity contribution in [1.82, 2.24) is 9.21 Å². The Hall–Kier alpha value is -1.40. The highest BCUT2D eigenvalue weighted by Crippen LogP contribution is 2.29. The first-order valence-corrected chi connectivity index (χ1v) is 11.1. The van der Waals surface area contributed by atoms with Crippen molar-refractivity contribution < 1.29 is 13.2 Å². The van der Waals surface area contributed by atoms with Gasteiger partial charge in [0.05, 0.1) is 4.90 Å². The van der Waals surface area contributed by atoms with Crippen LogP contribution in [0.1, 0.15) is 51.5 Å². The third-order valence-electron chi connectivity index (χ3n) is 5.91. The Bertz CT molecular complexity index is 727. The summed E-state index contributed by atoms with van der Waals surface area (Å²) in [5.41, 5.74) is 1.04. The van der Waals surface area contributed by atoms with Gasteiger partial charge in [0.2, 0.25) is 15.9 Å². The molecular formula is C20H30N2O3S. The van der Waals surface area contributed by atoms with Crippen molar-refractivity contribution in [1.29, 1.82) is 0 Å². The summed E-state index contributed by atoms with van der Waals surface area (Å²) in [5, 5.41) is 0. The molecule has 0 unspecified atom stereocenters.